The highest BCUT2D eigenvalue weighted by Crippen LogP contribution is 2.42. The molecule has 0 aliphatic heterocycles. The Kier molecular flexibility index (Phi) is 6.41. The highest BCUT2D eigenvalue weighted by atomic mass is 16.3. The van der Waals surface area contributed by atoms with Crippen molar-refractivity contribution in [3.63, 3.8) is 0 Å². The highest BCUT2D eigenvalue weighted by molar-refractivity contribution is 6.22. The number of hydrogen-bond donors (Lipinski definition) is 0. The van der Waals surface area contributed by atoms with E-state index in [-0.39, 0.29) is 0 Å². The lowest BCUT2D eigenvalue weighted by Crippen LogP contribution is -1.94. The molecule has 0 aliphatic rings. The molecule has 0 spiro atoms. The average molecular weight is 741 g/mol. The van der Waals surface area contributed by atoms with Gasteiger partial charge in [-0.25, -0.2) is 0 Å². The second-order valence-corrected chi connectivity index (χ2v) is 15.3. The van der Waals surface area contributed by atoms with E-state index in [1.807, 2.05) is 12.1 Å². The van der Waals surface area contributed by atoms with Crippen molar-refractivity contribution in [1.29, 1.82) is 0 Å². The Labute approximate surface area is 332 Å². The number of benzene rings is 9. The fourth-order valence-corrected chi connectivity index (χ4v) is 9.47. The summed E-state index contributed by atoms with van der Waals surface area (Å²) in [5.74, 6) is 0. The maximum Gasteiger partial charge on any atom is 0.147 e. The summed E-state index contributed by atoms with van der Waals surface area (Å²) >= 11 is 0. The van der Waals surface area contributed by atoms with Gasteiger partial charge in [-0.2, -0.15) is 0 Å². The van der Waals surface area contributed by atoms with Crippen LogP contribution >= 0.6 is 0 Å². The van der Waals surface area contributed by atoms with Gasteiger partial charge in [0.05, 0.1) is 27.5 Å². The maximum absolute atomic E-state index is 6.72. The zero-order chi connectivity index (χ0) is 37.9. The van der Waals surface area contributed by atoms with E-state index in [0.29, 0.717) is 0 Å². The molecule has 0 saturated heterocycles. The summed E-state index contributed by atoms with van der Waals surface area (Å²) in [5, 5.41) is 9.19. The minimum absolute atomic E-state index is 0.838. The lowest BCUT2D eigenvalue weighted by molar-refractivity contribution is 0.662. The number of aromatic nitrogens is 2. The summed E-state index contributed by atoms with van der Waals surface area (Å²) in [6.07, 6.45) is 0. The van der Waals surface area contributed by atoms with Crippen LogP contribution in [0.4, 0.5) is 0 Å². The van der Waals surface area contributed by atoms with Gasteiger partial charge >= 0.3 is 0 Å². The highest BCUT2D eigenvalue weighted by Gasteiger charge is 2.19. The number of rotatable bonds is 4. The molecule has 0 saturated carbocycles. The Bertz CT molecular complexity index is 3780. The molecule has 4 heterocycles. The van der Waals surface area contributed by atoms with Gasteiger partial charge in [0.15, 0.2) is 0 Å². The fourth-order valence-electron chi connectivity index (χ4n) is 9.47. The van der Waals surface area contributed by atoms with Gasteiger partial charge < -0.3 is 18.0 Å². The predicted molar refractivity (Wildman–Crippen MR) is 241 cm³/mol. The van der Waals surface area contributed by atoms with Crippen LogP contribution in [-0.2, 0) is 0 Å². The lowest BCUT2D eigenvalue weighted by atomic mass is 10.0. The fraction of sp³-hybridized carbons (Fsp3) is 0. The van der Waals surface area contributed by atoms with E-state index in [0.717, 1.165) is 66.3 Å². The first-order valence-electron chi connectivity index (χ1n) is 19.7. The summed E-state index contributed by atoms with van der Waals surface area (Å²) in [4.78, 5) is 0. The molecule has 0 bridgehead atoms. The van der Waals surface area contributed by atoms with Gasteiger partial charge in [0, 0.05) is 55.1 Å². The van der Waals surface area contributed by atoms with Crippen molar-refractivity contribution in [2.45, 2.75) is 0 Å². The van der Waals surface area contributed by atoms with E-state index in [9.17, 15) is 0 Å². The molecule has 9 aromatic carbocycles. The molecule has 0 radical (unpaired) electrons. The molecule has 0 aliphatic carbocycles. The molecule has 13 rings (SSSR count). The smallest absolute Gasteiger partial charge is 0.147 e. The van der Waals surface area contributed by atoms with E-state index >= 15 is 0 Å². The Morgan fingerprint density at radius 2 is 0.810 bits per heavy atom. The van der Waals surface area contributed by atoms with Crippen molar-refractivity contribution < 1.29 is 8.83 Å². The summed E-state index contributed by atoms with van der Waals surface area (Å²) < 4.78 is 17.7. The minimum Gasteiger partial charge on any atom is -0.456 e. The van der Waals surface area contributed by atoms with E-state index in [4.69, 9.17) is 8.83 Å². The van der Waals surface area contributed by atoms with Crippen LogP contribution in [0, 0.1) is 0 Å². The quantitative estimate of drug-likeness (QED) is 0.180. The normalized spacial score (nSPS) is 12.1. The largest absolute Gasteiger partial charge is 0.456 e. The van der Waals surface area contributed by atoms with Crippen molar-refractivity contribution >= 4 is 87.5 Å². The van der Waals surface area contributed by atoms with Gasteiger partial charge in [0.2, 0.25) is 0 Å². The average Bonchev–Trinajstić information content (AvgIpc) is 4.03. The van der Waals surface area contributed by atoms with Crippen molar-refractivity contribution in [3.05, 3.63) is 194 Å². The second kappa shape index (κ2) is 11.8. The molecule has 0 N–H and O–H groups in total. The lowest BCUT2D eigenvalue weighted by Gasteiger charge is -2.10. The SMILES string of the molecule is c1ccc(-c2ccc(-n3c4ccccc4c4cc(-c5ccc6c(c5)c5ccccc5n6-c5ccc6c(c5)oc5c6ccc6oc7ccccc7c65)ccc43)cc2)cc1. The predicted octanol–water partition coefficient (Wildman–Crippen LogP) is 15.0. The Morgan fingerprint density at radius 3 is 1.52 bits per heavy atom. The monoisotopic (exact) mass is 740 g/mol. The van der Waals surface area contributed by atoms with Crippen LogP contribution in [0.25, 0.3) is 121 Å². The first-order chi connectivity index (χ1) is 28.7. The third-order valence-electron chi connectivity index (χ3n) is 12.1. The van der Waals surface area contributed by atoms with Crippen molar-refractivity contribution in [2.24, 2.45) is 0 Å². The van der Waals surface area contributed by atoms with E-state index in [1.165, 1.54) is 54.8 Å². The Balaban J connectivity index is 0.942. The van der Waals surface area contributed by atoms with Gasteiger partial charge in [-0.15, -0.1) is 0 Å². The molecule has 0 fully saturated rings. The maximum atomic E-state index is 6.72. The van der Waals surface area contributed by atoms with Crippen molar-refractivity contribution in [2.75, 3.05) is 0 Å². The van der Waals surface area contributed by atoms with Crippen LogP contribution < -0.4 is 0 Å². The third-order valence-corrected chi connectivity index (χ3v) is 12.1. The summed E-state index contributed by atoms with van der Waals surface area (Å²) in [5.41, 5.74) is 15.1. The number of para-hydroxylation sites is 3. The standard InChI is InChI=1S/C54H32N2O2/c1-2-10-33(11-3-1)34-18-22-37(23-19-34)55-46-15-7-4-12-39(46)44-30-35(20-27-48(44)55)36-21-28-49-45(31-36)40-13-5-8-16-47(40)56(49)38-24-25-41-42-26-29-51-53(54(42)58-52(41)32-38)43-14-6-9-17-50(43)57-51/h1-32H. The minimum atomic E-state index is 0.838. The topological polar surface area (TPSA) is 36.1 Å². The Morgan fingerprint density at radius 1 is 0.276 bits per heavy atom. The molecule has 4 heteroatoms. The second-order valence-electron chi connectivity index (χ2n) is 15.3. The zero-order valence-electron chi connectivity index (χ0n) is 31.2. The first kappa shape index (κ1) is 31.4. The molecule has 270 valence electrons. The number of hydrogen-bond acceptors (Lipinski definition) is 2. The molecule has 4 aromatic heterocycles. The number of fused-ring (bicyclic) bond motifs is 13. The van der Waals surface area contributed by atoms with Gasteiger partial charge in [-0.05, 0) is 101 Å². The molecule has 0 amide bonds. The van der Waals surface area contributed by atoms with Gasteiger partial charge in [0.25, 0.3) is 0 Å². The molecule has 58 heavy (non-hydrogen) atoms. The van der Waals surface area contributed by atoms with Crippen molar-refractivity contribution in [1.82, 2.24) is 9.13 Å². The number of nitrogens with zero attached hydrogens (tertiary/aromatic N) is 2. The first-order valence-corrected chi connectivity index (χ1v) is 19.7. The summed E-state index contributed by atoms with van der Waals surface area (Å²) in [6, 6.07) is 69.7. The van der Waals surface area contributed by atoms with Crippen LogP contribution in [0.2, 0.25) is 0 Å². The molecule has 0 unspecified atom stereocenters. The molecule has 4 nitrogen and oxygen atoms in total. The van der Waals surface area contributed by atoms with Crippen LogP contribution in [0.1, 0.15) is 0 Å². The molecule has 0 atom stereocenters. The zero-order valence-corrected chi connectivity index (χ0v) is 31.2. The van der Waals surface area contributed by atoms with E-state index < -0.39 is 0 Å². The number of furan rings is 2. The van der Waals surface area contributed by atoms with Crippen LogP contribution in [0.15, 0.2) is 203 Å². The Hall–Kier alpha value is -7.82. The van der Waals surface area contributed by atoms with Crippen LogP contribution in [-0.4, -0.2) is 9.13 Å². The molecular weight excluding hydrogens is 709 g/mol. The van der Waals surface area contributed by atoms with Gasteiger partial charge in [-0.3, -0.25) is 0 Å². The van der Waals surface area contributed by atoms with Crippen molar-refractivity contribution in [3.8, 4) is 33.6 Å². The van der Waals surface area contributed by atoms with E-state index in [2.05, 4.69) is 191 Å². The van der Waals surface area contributed by atoms with E-state index in [1.54, 1.807) is 0 Å². The van der Waals surface area contributed by atoms with Crippen LogP contribution in [0.5, 0.6) is 0 Å². The van der Waals surface area contributed by atoms with Crippen LogP contribution in [0.3, 0.4) is 0 Å². The molecule has 13 aromatic rings. The van der Waals surface area contributed by atoms with Gasteiger partial charge in [0.1, 0.15) is 22.3 Å². The van der Waals surface area contributed by atoms with Gasteiger partial charge in [-0.1, -0.05) is 109 Å². The molecular formula is C54H32N2O2. The summed E-state index contributed by atoms with van der Waals surface area (Å²) in [6.45, 7) is 0. The summed E-state index contributed by atoms with van der Waals surface area (Å²) in [7, 11) is 0. The third kappa shape index (κ3) is 4.45.